The fourth-order valence-electron chi connectivity index (χ4n) is 2.94. The molecular formula is C20H19N3O3S. The van der Waals surface area contributed by atoms with Gasteiger partial charge in [-0.1, -0.05) is 17.3 Å². The molecule has 27 heavy (non-hydrogen) atoms. The van der Waals surface area contributed by atoms with Crippen molar-refractivity contribution >= 4 is 27.5 Å². The summed E-state index contributed by atoms with van der Waals surface area (Å²) in [6.45, 7) is 4.10. The number of aryl methyl sites for hydroxylation is 2. The van der Waals surface area contributed by atoms with Crippen molar-refractivity contribution in [1.82, 2.24) is 15.5 Å². The Kier molecular flexibility index (Phi) is 4.77. The highest BCUT2D eigenvalue weighted by molar-refractivity contribution is 7.21. The molecule has 3 heterocycles. The molecule has 0 radical (unpaired) electrons. The minimum atomic E-state index is -0.0343. The summed E-state index contributed by atoms with van der Waals surface area (Å²) < 4.78 is 12.1. The van der Waals surface area contributed by atoms with E-state index in [0.29, 0.717) is 25.1 Å². The van der Waals surface area contributed by atoms with E-state index in [1.165, 1.54) is 0 Å². The van der Waals surface area contributed by atoms with Gasteiger partial charge in [0.2, 0.25) is 5.91 Å². The molecule has 4 rings (SSSR count). The number of carbonyl (C=O) groups is 1. The topological polar surface area (TPSA) is 81.2 Å². The number of para-hydroxylation sites is 1. The van der Waals surface area contributed by atoms with Crippen molar-refractivity contribution in [2.24, 2.45) is 0 Å². The van der Waals surface area contributed by atoms with Crippen LogP contribution in [0.3, 0.4) is 0 Å². The van der Waals surface area contributed by atoms with Gasteiger partial charge in [-0.05, 0) is 44.5 Å². The monoisotopic (exact) mass is 381 g/mol. The number of benzene rings is 1. The van der Waals surface area contributed by atoms with Crippen LogP contribution in [0.1, 0.15) is 29.2 Å². The van der Waals surface area contributed by atoms with Gasteiger partial charge in [0.05, 0.1) is 22.5 Å². The quantitative estimate of drug-likeness (QED) is 0.535. The SMILES string of the molecule is Cc1noc(C)c1CCC(=O)NCc1ccc(-c2nc3ccccc3s2)o1. The second kappa shape index (κ2) is 7.36. The predicted octanol–water partition coefficient (Wildman–Crippen LogP) is 4.41. The highest BCUT2D eigenvalue weighted by Crippen LogP contribution is 2.31. The summed E-state index contributed by atoms with van der Waals surface area (Å²) in [6, 6.07) is 11.8. The second-order valence-electron chi connectivity index (χ2n) is 6.33. The molecular weight excluding hydrogens is 362 g/mol. The molecule has 0 aliphatic heterocycles. The molecule has 0 spiro atoms. The summed E-state index contributed by atoms with van der Waals surface area (Å²) in [4.78, 5) is 16.7. The zero-order valence-electron chi connectivity index (χ0n) is 15.1. The Balaban J connectivity index is 1.34. The zero-order chi connectivity index (χ0) is 18.8. The molecule has 4 aromatic rings. The standard InChI is InChI=1S/C20H19N3O3S/c1-12-15(13(2)26-23-12)8-10-19(24)21-11-14-7-9-17(25-14)20-22-16-5-3-4-6-18(16)27-20/h3-7,9H,8,10-11H2,1-2H3,(H,21,24). The summed E-state index contributed by atoms with van der Waals surface area (Å²) in [5.41, 5.74) is 2.80. The Bertz CT molecular complexity index is 1040. The number of nitrogens with one attached hydrogen (secondary N) is 1. The van der Waals surface area contributed by atoms with E-state index in [9.17, 15) is 4.79 Å². The highest BCUT2D eigenvalue weighted by Gasteiger charge is 2.13. The first kappa shape index (κ1) is 17.5. The first-order valence-electron chi connectivity index (χ1n) is 8.73. The maximum atomic E-state index is 12.1. The summed E-state index contributed by atoms with van der Waals surface area (Å²) >= 11 is 1.59. The third kappa shape index (κ3) is 3.78. The highest BCUT2D eigenvalue weighted by atomic mass is 32.1. The maximum Gasteiger partial charge on any atom is 0.220 e. The molecule has 138 valence electrons. The average molecular weight is 381 g/mol. The van der Waals surface area contributed by atoms with E-state index in [0.717, 1.165) is 38.0 Å². The van der Waals surface area contributed by atoms with Crippen LogP contribution in [0.5, 0.6) is 0 Å². The average Bonchev–Trinajstić information content (AvgIpc) is 3.37. The van der Waals surface area contributed by atoms with E-state index in [1.807, 2.05) is 50.2 Å². The van der Waals surface area contributed by atoms with E-state index >= 15 is 0 Å². The molecule has 3 aromatic heterocycles. The van der Waals surface area contributed by atoms with Crippen LogP contribution in [0.2, 0.25) is 0 Å². The summed E-state index contributed by atoms with van der Waals surface area (Å²) in [6.07, 6.45) is 0.996. The Morgan fingerprint density at radius 3 is 2.81 bits per heavy atom. The van der Waals surface area contributed by atoms with Crippen LogP contribution >= 0.6 is 11.3 Å². The summed E-state index contributed by atoms with van der Waals surface area (Å²) in [5.74, 6) is 2.16. The summed E-state index contributed by atoms with van der Waals surface area (Å²) in [5, 5.41) is 7.64. The molecule has 0 unspecified atom stereocenters. The Morgan fingerprint density at radius 1 is 1.19 bits per heavy atom. The largest absolute Gasteiger partial charge is 0.457 e. The minimum absolute atomic E-state index is 0.0343. The molecule has 7 heteroatoms. The number of hydrogen-bond acceptors (Lipinski definition) is 6. The van der Waals surface area contributed by atoms with E-state index in [2.05, 4.69) is 15.5 Å². The van der Waals surface area contributed by atoms with Crippen LogP contribution in [0, 0.1) is 13.8 Å². The molecule has 0 saturated heterocycles. The van der Waals surface area contributed by atoms with E-state index < -0.39 is 0 Å². The molecule has 6 nitrogen and oxygen atoms in total. The van der Waals surface area contributed by atoms with Crippen LogP contribution in [-0.2, 0) is 17.8 Å². The van der Waals surface area contributed by atoms with Crippen molar-refractivity contribution in [3.05, 3.63) is 59.2 Å². The van der Waals surface area contributed by atoms with Crippen LogP contribution < -0.4 is 5.32 Å². The number of aromatic nitrogens is 2. The smallest absolute Gasteiger partial charge is 0.220 e. The van der Waals surface area contributed by atoms with E-state index in [-0.39, 0.29) is 5.91 Å². The lowest BCUT2D eigenvalue weighted by atomic mass is 10.1. The first-order valence-corrected chi connectivity index (χ1v) is 9.55. The number of nitrogens with zero attached hydrogens (tertiary/aromatic N) is 2. The fraction of sp³-hybridized carbons (Fsp3) is 0.250. The molecule has 0 aliphatic carbocycles. The van der Waals surface area contributed by atoms with Gasteiger partial charge in [0, 0.05) is 12.0 Å². The van der Waals surface area contributed by atoms with Crippen molar-refractivity contribution in [3.63, 3.8) is 0 Å². The van der Waals surface area contributed by atoms with Crippen molar-refractivity contribution in [1.29, 1.82) is 0 Å². The van der Waals surface area contributed by atoms with Crippen molar-refractivity contribution < 1.29 is 13.7 Å². The number of rotatable bonds is 6. The number of furan rings is 1. The molecule has 1 aromatic carbocycles. The van der Waals surface area contributed by atoms with Gasteiger partial charge in [-0.3, -0.25) is 4.79 Å². The van der Waals surface area contributed by atoms with Gasteiger partial charge in [-0.25, -0.2) is 4.98 Å². The lowest BCUT2D eigenvalue weighted by Gasteiger charge is -2.03. The third-order valence-corrected chi connectivity index (χ3v) is 5.46. The fourth-order valence-corrected chi connectivity index (χ4v) is 3.86. The van der Waals surface area contributed by atoms with Crippen LogP contribution in [0.25, 0.3) is 21.0 Å². The molecule has 0 fully saturated rings. The summed E-state index contributed by atoms with van der Waals surface area (Å²) in [7, 11) is 0. The van der Waals surface area contributed by atoms with Gasteiger partial charge in [-0.2, -0.15) is 0 Å². The number of amides is 1. The molecule has 0 atom stereocenters. The van der Waals surface area contributed by atoms with Gasteiger partial charge in [0.15, 0.2) is 10.8 Å². The molecule has 0 bridgehead atoms. The predicted molar refractivity (Wildman–Crippen MR) is 103 cm³/mol. The second-order valence-corrected chi connectivity index (χ2v) is 7.36. The third-order valence-electron chi connectivity index (χ3n) is 4.41. The van der Waals surface area contributed by atoms with Crippen LogP contribution in [0.4, 0.5) is 0 Å². The Labute approximate surface area is 160 Å². The Hall–Kier alpha value is -2.93. The molecule has 0 aliphatic rings. The lowest BCUT2D eigenvalue weighted by Crippen LogP contribution is -2.22. The van der Waals surface area contributed by atoms with Crippen molar-refractivity contribution in [3.8, 4) is 10.8 Å². The lowest BCUT2D eigenvalue weighted by molar-refractivity contribution is -0.121. The van der Waals surface area contributed by atoms with E-state index in [1.54, 1.807) is 11.3 Å². The van der Waals surface area contributed by atoms with Crippen molar-refractivity contribution in [2.75, 3.05) is 0 Å². The number of fused-ring (bicyclic) bond motifs is 1. The maximum absolute atomic E-state index is 12.1. The number of thiazole rings is 1. The van der Waals surface area contributed by atoms with Gasteiger partial charge < -0.3 is 14.3 Å². The first-order chi connectivity index (χ1) is 13.1. The van der Waals surface area contributed by atoms with Gasteiger partial charge in [0.1, 0.15) is 11.5 Å². The Morgan fingerprint density at radius 2 is 2.04 bits per heavy atom. The molecule has 1 N–H and O–H groups in total. The number of carbonyl (C=O) groups excluding carboxylic acids is 1. The van der Waals surface area contributed by atoms with E-state index in [4.69, 9.17) is 8.94 Å². The molecule has 1 amide bonds. The zero-order valence-corrected chi connectivity index (χ0v) is 15.9. The van der Waals surface area contributed by atoms with Gasteiger partial charge >= 0.3 is 0 Å². The minimum Gasteiger partial charge on any atom is -0.457 e. The molecule has 0 saturated carbocycles. The van der Waals surface area contributed by atoms with Crippen molar-refractivity contribution in [2.45, 2.75) is 33.2 Å². The van der Waals surface area contributed by atoms with Crippen LogP contribution in [-0.4, -0.2) is 16.0 Å². The van der Waals surface area contributed by atoms with Crippen LogP contribution in [0.15, 0.2) is 45.3 Å². The van der Waals surface area contributed by atoms with Gasteiger partial charge in [0.25, 0.3) is 0 Å². The van der Waals surface area contributed by atoms with Gasteiger partial charge in [-0.15, -0.1) is 11.3 Å². The normalized spacial score (nSPS) is 11.2. The number of hydrogen-bond donors (Lipinski definition) is 1.